The van der Waals surface area contributed by atoms with E-state index in [1.807, 2.05) is 0 Å². The van der Waals surface area contributed by atoms with Crippen molar-refractivity contribution in [2.45, 2.75) is 19.9 Å². The van der Waals surface area contributed by atoms with Crippen molar-refractivity contribution in [1.82, 2.24) is 9.78 Å². The minimum absolute atomic E-state index is 0.219. The highest BCUT2D eigenvalue weighted by molar-refractivity contribution is 5.63. The zero-order chi connectivity index (χ0) is 13.3. The maximum absolute atomic E-state index is 13.6. The van der Waals surface area contributed by atoms with E-state index in [1.165, 1.54) is 16.8 Å². The van der Waals surface area contributed by atoms with E-state index < -0.39 is 23.6 Å². The van der Waals surface area contributed by atoms with Crippen molar-refractivity contribution in [3.05, 3.63) is 41.6 Å². The van der Waals surface area contributed by atoms with Gasteiger partial charge in [-0.1, -0.05) is 6.07 Å². The highest BCUT2D eigenvalue weighted by Crippen LogP contribution is 2.32. The zero-order valence-electron chi connectivity index (χ0n) is 9.50. The number of aromatic nitrogens is 2. The van der Waals surface area contributed by atoms with Crippen molar-refractivity contribution in [2.24, 2.45) is 0 Å². The Hall–Kier alpha value is -1.85. The minimum Gasteiger partial charge on any atom is -0.272 e. The van der Waals surface area contributed by atoms with E-state index in [1.54, 1.807) is 6.92 Å². The molecule has 2 aromatic rings. The Bertz CT molecular complexity index is 563. The summed E-state index contributed by atoms with van der Waals surface area (Å²) in [7, 11) is 0. The molecule has 0 saturated carbocycles. The molecule has 0 radical (unpaired) electrons. The van der Waals surface area contributed by atoms with Crippen LogP contribution in [0.3, 0.4) is 0 Å². The van der Waals surface area contributed by atoms with Crippen molar-refractivity contribution in [1.29, 1.82) is 0 Å². The van der Waals surface area contributed by atoms with Crippen LogP contribution in [0.25, 0.3) is 11.3 Å². The van der Waals surface area contributed by atoms with E-state index >= 15 is 0 Å². The molecule has 0 aliphatic heterocycles. The van der Waals surface area contributed by atoms with Gasteiger partial charge in [-0.15, -0.1) is 0 Å². The van der Waals surface area contributed by atoms with Crippen LogP contribution in [0.15, 0.2) is 24.4 Å². The predicted octanol–water partition coefficient (Wildman–Crippen LogP) is 3.79. The standard InChI is InChI=1S/C12H10F4N2/c1-2-18-6-8(12(15)16)11(17-18)7-4-3-5-9(13)10(7)14/h3-6,12H,2H2,1H3. The fraction of sp³-hybridized carbons (Fsp3) is 0.250. The summed E-state index contributed by atoms with van der Waals surface area (Å²) in [6.07, 6.45) is -1.65. The zero-order valence-corrected chi connectivity index (χ0v) is 9.50. The van der Waals surface area contributed by atoms with Crippen LogP contribution in [0.1, 0.15) is 18.9 Å². The summed E-state index contributed by atoms with van der Waals surface area (Å²) in [5.74, 6) is -2.25. The third-order valence-corrected chi connectivity index (χ3v) is 2.56. The van der Waals surface area contributed by atoms with Crippen LogP contribution in [0.5, 0.6) is 0 Å². The van der Waals surface area contributed by atoms with E-state index in [0.29, 0.717) is 6.54 Å². The molecule has 0 aliphatic rings. The van der Waals surface area contributed by atoms with E-state index in [2.05, 4.69) is 5.10 Å². The molecule has 0 saturated heterocycles. The third-order valence-electron chi connectivity index (χ3n) is 2.56. The fourth-order valence-corrected chi connectivity index (χ4v) is 1.65. The van der Waals surface area contributed by atoms with Gasteiger partial charge in [-0.3, -0.25) is 4.68 Å². The molecular formula is C12H10F4N2. The average molecular weight is 258 g/mol. The average Bonchev–Trinajstić information content (AvgIpc) is 2.77. The molecule has 96 valence electrons. The molecule has 1 aromatic heterocycles. The Labute approximate surface area is 101 Å². The first-order valence-corrected chi connectivity index (χ1v) is 5.34. The Morgan fingerprint density at radius 2 is 2.00 bits per heavy atom. The van der Waals surface area contributed by atoms with Gasteiger partial charge < -0.3 is 0 Å². The summed E-state index contributed by atoms with van der Waals surface area (Å²) in [6, 6.07) is 3.41. The van der Waals surface area contributed by atoms with Gasteiger partial charge in [0, 0.05) is 18.3 Å². The maximum atomic E-state index is 13.6. The van der Waals surface area contributed by atoms with Crippen LogP contribution in [0.2, 0.25) is 0 Å². The lowest BCUT2D eigenvalue weighted by Crippen LogP contribution is -1.96. The first kappa shape index (κ1) is 12.6. The molecule has 0 fully saturated rings. The van der Waals surface area contributed by atoms with E-state index in [0.717, 1.165) is 12.3 Å². The molecule has 0 N–H and O–H groups in total. The lowest BCUT2D eigenvalue weighted by atomic mass is 10.1. The van der Waals surface area contributed by atoms with Crippen LogP contribution in [0, 0.1) is 11.6 Å². The number of nitrogens with zero attached hydrogens (tertiary/aromatic N) is 2. The van der Waals surface area contributed by atoms with Crippen molar-refractivity contribution >= 4 is 0 Å². The van der Waals surface area contributed by atoms with Crippen LogP contribution in [-0.2, 0) is 6.54 Å². The lowest BCUT2D eigenvalue weighted by molar-refractivity contribution is 0.152. The normalized spacial score (nSPS) is 11.2. The molecular weight excluding hydrogens is 248 g/mol. The SMILES string of the molecule is CCn1cc(C(F)F)c(-c2cccc(F)c2F)n1. The summed E-state index contributed by atoms with van der Waals surface area (Å²) in [6.45, 7) is 2.09. The molecule has 0 bridgehead atoms. The predicted molar refractivity (Wildman–Crippen MR) is 58.2 cm³/mol. The van der Waals surface area contributed by atoms with Gasteiger partial charge in [0.15, 0.2) is 11.6 Å². The van der Waals surface area contributed by atoms with Crippen molar-refractivity contribution < 1.29 is 17.6 Å². The molecule has 0 spiro atoms. The van der Waals surface area contributed by atoms with Gasteiger partial charge in [-0.05, 0) is 19.1 Å². The topological polar surface area (TPSA) is 17.8 Å². The number of aryl methyl sites for hydroxylation is 1. The number of benzene rings is 1. The Kier molecular flexibility index (Phi) is 3.36. The summed E-state index contributed by atoms with van der Waals surface area (Å²) in [5.41, 5.74) is -0.872. The molecule has 2 rings (SSSR count). The van der Waals surface area contributed by atoms with Crippen LogP contribution < -0.4 is 0 Å². The molecule has 2 nitrogen and oxygen atoms in total. The van der Waals surface area contributed by atoms with Gasteiger partial charge in [0.2, 0.25) is 0 Å². The fourth-order valence-electron chi connectivity index (χ4n) is 1.65. The molecule has 6 heteroatoms. The monoisotopic (exact) mass is 258 g/mol. The summed E-state index contributed by atoms with van der Waals surface area (Å²) in [4.78, 5) is 0. The van der Waals surface area contributed by atoms with Crippen molar-refractivity contribution in [3.8, 4) is 11.3 Å². The number of alkyl halides is 2. The second-order valence-corrected chi connectivity index (χ2v) is 3.69. The smallest absolute Gasteiger partial charge is 0.267 e. The number of rotatable bonds is 3. The van der Waals surface area contributed by atoms with E-state index in [9.17, 15) is 17.6 Å². The quantitative estimate of drug-likeness (QED) is 0.766. The number of hydrogen-bond acceptors (Lipinski definition) is 1. The summed E-state index contributed by atoms with van der Waals surface area (Å²) >= 11 is 0. The van der Waals surface area contributed by atoms with Gasteiger partial charge in [-0.2, -0.15) is 5.10 Å². The summed E-state index contributed by atoms with van der Waals surface area (Å²) < 4.78 is 53.6. The first-order chi connectivity index (χ1) is 8.54. The van der Waals surface area contributed by atoms with Gasteiger partial charge in [0.1, 0.15) is 5.69 Å². The van der Waals surface area contributed by atoms with Crippen molar-refractivity contribution in [3.63, 3.8) is 0 Å². The molecule has 0 aliphatic carbocycles. The highest BCUT2D eigenvalue weighted by Gasteiger charge is 2.22. The van der Waals surface area contributed by atoms with Crippen LogP contribution in [0.4, 0.5) is 17.6 Å². The number of hydrogen-bond donors (Lipinski definition) is 0. The molecule has 0 atom stereocenters. The Balaban J connectivity index is 2.62. The molecule has 1 aromatic carbocycles. The van der Waals surface area contributed by atoms with Crippen LogP contribution >= 0.6 is 0 Å². The Morgan fingerprint density at radius 1 is 1.28 bits per heavy atom. The second-order valence-electron chi connectivity index (χ2n) is 3.69. The van der Waals surface area contributed by atoms with E-state index in [-0.39, 0.29) is 11.3 Å². The summed E-state index contributed by atoms with van der Waals surface area (Å²) in [5, 5.41) is 3.85. The maximum Gasteiger partial charge on any atom is 0.267 e. The van der Waals surface area contributed by atoms with Crippen molar-refractivity contribution in [2.75, 3.05) is 0 Å². The number of halogens is 4. The van der Waals surface area contributed by atoms with Gasteiger partial charge in [-0.25, -0.2) is 17.6 Å². The second kappa shape index (κ2) is 4.80. The molecule has 1 heterocycles. The van der Waals surface area contributed by atoms with Gasteiger partial charge in [0.25, 0.3) is 6.43 Å². The highest BCUT2D eigenvalue weighted by atomic mass is 19.3. The minimum atomic E-state index is -2.79. The molecule has 18 heavy (non-hydrogen) atoms. The lowest BCUT2D eigenvalue weighted by Gasteiger charge is -2.03. The Morgan fingerprint density at radius 3 is 2.61 bits per heavy atom. The first-order valence-electron chi connectivity index (χ1n) is 5.34. The molecule has 0 unspecified atom stereocenters. The van der Waals surface area contributed by atoms with E-state index in [4.69, 9.17) is 0 Å². The van der Waals surface area contributed by atoms with Gasteiger partial charge in [0.05, 0.1) is 5.56 Å². The molecule has 0 amide bonds. The third kappa shape index (κ3) is 2.10. The van der Waals surface area contributed by atoms with Crippen LogP contribution in [-0.4, -0.2) is 9.78 Å². The largest absolute Gasteiger partial charge is 0.272 e. The van der Waals surface area contributed by atoms with Gasteiger partial charge >= 0.3 is 0 Å².